The predicted octanol–water partition coefficient (Wildman–Crippen LogP) is 3.61. The summed E-state index contributed by atoms with van der Waals surface area (Å²) >= 11 is 0. The van der Waals surface area contributed by atoms with Gasteiger partial charge in [-0.05, 0) is 49.7 Å². The maximum atomic E-state index is 12.6. The maximum absolute atomic E-state index is 12.6. The second-order valence-corrected chi connectivity index (χ2v) is 6.36. The highest BCUT2D eigenvalue weighted by Gasteiger charge is 2.11. The van der Waals surface area contributed by atoms with E-state index in [9.17, 15) is 9.59 Å². The third-order valence-corrected chi connectivity index (χ3v) is 4.07. The minimum atomic E-state index is -0.289. The van der Waals surface area contributed by atoms with Crippen molar-refractivity contribution in [2.45, 2.75) is 13.8 Å². The second kappa shape index (κ2) is 6.99. The number of nitrogens with zero attached hydrogens (tertiary/aromatic N) is 3. The van der Waals surface area contributed by atoms with Crippen LogP contribution in [0.2, 0.25) is 0 Å². The number of aromatic amines is 1. The van der Waals surface area contributed by atoms with Gasteiger partial charge in [0.25, 0.3) is 5.56 Å². The van der Waals surface area contributed by atoms with E-state index in [4.69, 9.17) is 4.74 Å². The molecule has 1 aromatic carbocycles. The molecule has 3 heterocycles. The first-order valence-corrected chi connectivity index (χ1v) is 8.58. The van der Waals surface area contributed by atoms with Gasteiger partial charge in [-0.1, -0.05) is 0 Å². The Morgan fingerprint density at radius 3 is 2.79 bits per heavy atom. The lowest BCUT2D eigenvalue weighted by atomic mass is 10.2. The number of ether oxygens (including phenoxy) is 1. The van der Waals surface area contributed by atoms with Crippen molar-refractivity contribution in [3.8, 4) is 11.6 Å². The Balaban J connectivity index is 1.59. The molecule has 0 atom stereocenters. The third-order valence-electron chi connectivity index (χ3n) is 4.07. The summed E-state index contributed by atoms with van der Waals surface area (Å²) < 4.78 is 7.19. The standard InChI is InChI=1S/C20H17N5O3/c1-12-7-15(11-21-10-12)24-20(27)25-6-5-14-8-16(3-4-17(14)25)28-19-9-18(26)22-13(2)23-19/h3-11H,1-2H3,(H,24,27)(H,22,23,26). The number of carbonyl (C=O) groups excluding carboxylic acids is 1. The van der Waals surface area contributed by atoms with Crippen LogP contribution in [-0.2, 0) is 0 Å². The van der Waals surface area contributed by atoms with Gasteiger partial charge in [-0.3, -0.25) is 14.3 Å². The lowest BCUT2D eigenvalue weighted by Gasteiger charge is -2.08. The monoisotopic (exact) mass is 375 g/mol. The molecule has 140 valence electrons. The van der Waals surface area contributed by atoms with E-state index in [-0.39, 0.29) is 17.5 Å². The van der Waals surface area contributed by atoms with Crippen molar-refractivity contribution in [1.29, 1.82) is 0 Å². The number of hydrogen-bond acceptors (Lipinski definition) is 5. The van der Waals surface area contributed by atoms with Crippen LogP contribution < -0.4 is 15.6 Å². The summed E-state index contributed by atoms with van der Waals surface area (Å²) in [5.41, 5.74) is 2.03. The van der Waals surface area contributed by atoms with Crippen molar-refractivity contribution in [3.05, 3.63) is 76.7 Å². The Kier molecular flexibility index (Phi) is 4.36. The summed E-state index contributed by atoms with van der Waals surface area (Å²) in [6, 6.07) is 9.93. The number of benzene rings is 1. The Bertz CT molecular complexity index is 1240. The number of rotatable bonds is 3. The van der Waals surface area contributed by atoms with Gasteiger partial charge in [0.05, 0.1) is 23.5 Å². The molecule has 1 amide bonds. The molecule has 0 bridgehead atoms. The number of anilines is 1. The minimum Gasteiger partial charge on any atom is -0.439 e. The Labute approximate surface area is 159 Å². The van der Waals surface area contributed by atoms with Crippen LogP contribution in [0.4, 0.5) is 10.5 Å². The molecule has 0 saturated heterocycles. The van der Waals surface area contributed by atoms with E-state index in [0.717, 1.165) is 16.5 Å². The first-order chi connectivity index (χ1) is 13.5. The molecule has 8 nitrogen and oxygen atoms in total. The van der Waals surface area contributed by atoms with Crippen LogP contribution in [0.15, 0.2) is 59.8 Å². The number of H-pyrrole nitrogens is 1. The number of aryl methyl sites for hydroxylation is 2. The molecule has 2 N–H and O–H groups in total. The summed E-state index contributed by atoms with van der Waals surface area (Å²) in [6.45, 7) is 3.59. The average molecular weight is 375 g/mol. The summed E-state index contributed by atoms with van der Waals surface area (Å²) in [6.07, 6.45) is 5.00. The van der Waals surface area contributed by atoms with Gasteiger partial charge >= 0.3 is 6.03 Å². The molecule has 0 aliphatic rings. The van der Waals surface area contributed by atoms with Crippen molar-refractivity contribution in [3.63, 3.8) is 0 Å². The first-order valence-electron chi connectivity index (χ1n) is 8.58. The van der Waals surface area contributed by atoms with Gasteiger partial charge in [-0.15, -0.1) is 0 Å². The van der Waals surface area contributed by atoms with Gasteiger partial charge in [0.2, 0.25) is 5.88 Å². The van der Waals surface area contributed by atoms with E-state index in [2.05, 4.69) is 20.3 Å². The predicted molar refractivity (Wildman–Crippen MR) is 105 cm³/mol. The maximum Gasteiger partial charge on any atom is 0.330 e. The largest absolute Gasteiger partial charge is 0.439 e. The highest BCUT2D eigenvalue weighted by Crippen LogP contribution is 2.25. The molecule has 0 aliphatic carbocycles. The molecule has 0 radical (unpaired) electrons. The molecule has 3 aromatic heterocycles. The molecular weight excluding hydrogens is 358 g/mol. The van der Waals surface area contributed by atoms with Crippen molar-refractivity contribution in [2.75, 3.05) is 5.32 Å². The fraction of sp³-hybridized carbons (Fsp3) is 0.100. The van der Waals surface area contributed by atoms with Gasteiger partial charge in [0.15, 0.2) is 0 Å². The smallest absolute Gasteiger partial charge is 0.330 e. The van der Waals surface area contributed by atoms with Crippen LogP contribution in [0.3, 0.4) is 0 Å². The topological polar surface area (TPSA) is 102 Å². The fourth-order valence-electron chi connectivity index (χ4n) is 2.89. The molecule has 8 heteroatoms. The molecule has 0 spiro atoms. The molecule has 4 aromatic rings. The first kappa shape index (κ1) is 17.5. The molecule has 0 saturated carbocycles. The summed E-state index contributed by atoms with van der Waals surface area (Å²) in [4.78, 5) is 34.9. The Morgan fingerprint density at radius 2 is 2.00 bits per heavy atom. The van der Waals surface area contributed by atoms with Gasteiger partial charge < -0.3 is 15.0 Å². The lowest BCUT2D eigenvalue weighted by molar-refractivity contribution is 0.254. The number of fused-ring (bicyclic) bond motifs is 1. The van der Waals surface area contributed by atoms with E-state index in [1.165, 1.54) is 10.6 Å². The van der Waals surface area contributed by atoms with Crippen molar-refractivity contribution in [2.24, 2.45) is 0 Å². The normalized spacial score (nSPS) is 10.8. The average Bonchev–Trinajstić information content (AvgIpc) is 3.04. The number of hydrogen-bond donors (Lipinski definition) is 2. The molecule has 0 fully saturated rings. The lowest BCUT2D eigenvalue weighted by Crippen LogP contribution is -2.18. The van der Waals surface area contributed by atoms with E-state index in [1.54, 1.807) is 43.7 Å². The minimum absolute atomic E-state index is 0.213. The van der Waals surface area contributed by atoms with Crippen molar-refractivity contribution >= 4 is 22.6 Å². The highest BCUT2D eigenvalue weighted by molar-refractivity contribution is 5.98. The zero-order valence-electron chi connectivity index (χ0n) is 15.3. The zero-order chi connectivity index (χ0) is 19.7. The third kappa shape index (κ3) is 3.61. The summed E-state index contributed by atoms with van der Waals surface area (Å²) in [7, 11) is 0. The van der Waals surface area contributed by atoms with E-state index in [1.807, 2.05) is 19.1 Å². The highest BCUT2D eigenvalue weighted by atomic mass is 16.5. The number of amides is 1. The quantitative estimate of drug-likeness (QED) is 0.569. The SMILES string of the molecule is Cc1cncc(NC(=O)n2ccc3cc(Oc4cc(=O)[nH]c(C)n4)ccc32)c1. The van der Waals surface area contributed by atoms with Crippen LogP contribution >= 0.6 is 0 Å². The van der Waals surface area contributed by atoms with Gasteiger partial charge in [-0.2, -0.15) is 0 Å². The fourth-order valence-corrected chi connectivity index (χ4v) is 2.89. The number of pyridine rings is 1. The molecule has 0 aliphatic heterocycles. The van der Waals surface area contributed by atoms with Crippen LogP contribution in [0, 0.1) is 13.8 Å². The molecule has 4 rings (SSSR count). The van der Waals surface area contributed by atoms with Crippen LogP contribution in [-0.4, -0.2) is 25.6 Å². The second-order valence-electron chi connectivity index (χ2n) is 6.36. The van der Waals surface area contributed by atoms with Crippen molar-refractivity contribution in [1.82, 2.24) is 19.5 Å². The van der Waals surface area contributed by atoms with Gasteiger partial charge in [0.1, 0.15) is 11.6 Å². The zero-order valence-corrected chi connectivity index (χ0v) is 15.3. The van der Waals surface area contributed by atoms with Crippen LogP contribution in [0.5, 0.6) is 11.6 Å². The summed E-state index contributed by atoms with van der Waals surface area (Å²) in [5.74, 6) is 1.20. The van der Waals surface area contributed by atoms with E-state index in [0.29, 0.717) is 17.3 Å². The van der Waals surface area contributed by atoms with Crippen LogP contribution in [0.1, 0.15) is 11.4 Å². The molecule has 0 unspecified atom stereocenters. The summed E-state index contributed by atoms with van der Waals surface area (Å²) in [5, 5.41) is 3.64. The number of carbonyl (C=O) groups is 1. The molecular formula is C20H17N5O3. The molecule has 28 heavy (non-hydrogen) atoms. The van der Waals surface area contributed by atoms with Crippen LogP contribution in [0.25, 0.3) is 10.9 Å². The Hall–Kier alpha value is -3.94. The van der Waals surface area contributed by atoms with E-state index < -0.39 is 0 Å². The van der Waals surface area contributed by atoms with Gasteiger partial charge in [-0.25, -0.2) is 9.78 Å². The Morgan fingerprint density at radius 1 is 1.14 bits per heavy atom. The number of nitrogens with one attached hydrogen (secondary N) is 2. The number of aromatic nitrogens is 4. The van der Waals surface area contributed by atoms with Crippen molar-refractivity contribution < 1.29 is 9.53 Å². The van der Waals surface area contributed by atoms with Gasteiger partial charge in [0, 0.05) is 17.8 Å². The van der Waals surface area contributed by atoms with E-state index >= 15 is 0 Å².